The highest BCUT2D eigenvalue weighted by Gasteiger charge is 2.31. The average molecular weight is 273 g/mol. The quantitative estimate of drug-likeness (QED) is 0.784. The molecule has 5 heteroatoms. The van der Waals surface area contributed by atoms with Gasteiger partial charge in [-0.1, -0.05) is 24.3 Å². The lowest BCUT2D eigenvalue weighted by molar-refractivity contribution is -0.145. The molecule has 106 valence electrons. The first-order valence-electron chi connectivity index (χ1n) is 6.98. The number of fused-ring (bicyclic) bond motifs is 1. The zero-order valence-electron chi connectivity index (χ0n) is 11.6. The lowest BCUT2D eigenvalue weighted by Crippen LogP contribution is -2.56. The summed E-state index contributed by atoms with van der Waals surface area (Å²) in [5.74, 6) is 0.0572. The third-order valence-electron chi connectivity index (χ3n) is 4.15. The van der Waals surface area contributed by atoms with Crippen molar-refractivity contribution in [2.75, 3.05) is 26.7 Å². The Kier molecular flexibility index (Phi) is 3.44. The fraction of sp³-hybridized carbons (Fsp3) is 0.467. The number of hydrogen-bond donors (Lipinski definition) is 1. The molecule has 1 aromatic carbocycles. The lowest BCUT2D eigenvalue weighted by Gasteiger charge is -2.35. The standard InChI is InChI=1S/C15H19N3O2/c1-17-6-7-18(10-14(17)19)15(20)13-8-11-4-2-3-5-12(11)9-16-13/h2-5,13,16H,6-10H2,1H3/t13-/m1/s1. The van der Waals surface area contributed by atoms with Gasteiger partial charge >= 0.3 is 0 Å². The molecule has 2 amide bonds. The molecule has 5 nitrogen and oxygen atoms in total. The van der Waals surface area contributed by atoms with E-state index in [4.69, 9.17) is 0 Å². The van der Waals surface area contributed by atoms with Crippen LogP contribution in [0.5, 0.6) is 0 Å². The third kappa shape index (κ3) is 2.41. The molecule has 0 unspecified atom stereocenters. The zero-order valence-corrected chi connectivity index (χ0v) is 11.6. The number of benzene rings is 1. The van der Waals surface area contributed by atoms with Crippen LogP contribution in [0.3, 0.4) is 0 Å². The summed E-state index contributed by atoms with van der Waals surface area (Å²) in [5.41, 5.74) is 2.48. The molecule has 3 rings (SSSR count). The molecule has 2 aliphatic rings. The van der Waals surface area contributed by atoms with Crippen LogP contribution in [0, 0.1) is 0 Å². The fourth-order valence-electron chi connectivity index (χ4n) is 2.80. The van der Waals surface area contributed by atoms with Gasteiger partial charge in [0.15, 0.2) is 0 Å². The Morgan fingerprint density at radius 1 is 1.25 bits per heavy atom. The first kappa shape index (κ1) is 13.1. The van der Waals surface area contributed by atoms with Crippen molar-refractivity contribution in [2.24, 2.45) is 0 Å². The van der Waals surface area contributed by atoms with Crippen molar-refractivity contribution in [3.05, 3.63) is 35.4 Å². The van der Waals surface area contributed by atoms with Gasteiger partial charge in [0, 0.05) is 26.7 Å². The Morgan fingerprint density at radius 2 is 2.00 bits per heavy atom. The van der Waals surface area contributed by atoms with E-state index in [-0.39, 0.29) is 24.4 Å². The van der Waals surface area contributed by atoms with Crippen molar-refractivity contribution in [2.45, 2.75) is 19.0 Å². The van der Waals surface area contributed by atoms with Crippen LogP contribution in [-0.2, 0) is 22.6 Å². The predicted molar refractivity (Wildman–Crippen MR) is 75.0 cm³/mol. The third-order valence-corrected chi connectivity index (χ3v) is 4.15. The van der Waals surface area contributed by atoms with Crippen LogP contribution in [0.2, 0.25) is 0 Å². The van der Waals surface area contributed by atoms with E-state index in [1.165, 1.54) is 11.1 Å². The Hall–Kier alpha value is -1.88. The van der Waals surface area contributed by atoms with Crippen LogP contribution in [0.15, 0.2) is 24.3 Å². The van der Waals surface area contributed by atoms with Crippen molar-refractivity contribution in [3.8, 4) is 0 Å². The van der Waals surface area contributed by atoms with Gasteiger partial charge in [0.25, 0.3) is 0 Å². The van der Waals surface area contributed by atoms with E-state index in [1.807, 2.05) is 12.1 Å². The summed E-state index contributed by atoms with van der Waals surface area (Å²) in [6.45, 7) is 2.16. The summed E-state index contributed by atoms with van der Waals surface area (Å²) in [4.78, 5) is 27.6. The van der Waals surface area contributed by atoms with Crippen molar-refractivity contribution >= 4 is 11.8 Å². The van der Waals surface area contributed by atoms with E-state index in [0.29, 0.717) is 26.1 Å². The van der Waals surface area contributed by atoms with Gasteiger partial charge < -0.3 is 15.1 Å². The number of piperazine rings is 1. The van der Waals surface area contributed by atoms with Gasteiger partial charge in [-0.2, -0.15) is 0 Å². The second-order valence-electron chi connectivity index (χ2n) is 5.48. The molecule has 0 bridgehead atoms. The molecule has 2 heterocycles. The number of amides is 2. The highest BCUT2D eigenvalue weighted by Crippen LogP contribution is 2.18. The summed E-state index contributed by atoms with van der Waals surface area (Å²) in [6, 6.07) is 7.97. The molecule has 1 fully saturated rings. The van der Waals surface area contributed by atoms with Gasteiger partial charge in [0.2, 0.25) is 11.8 Å². The van der Waals surface area contributed by atoms with E-state index >= 15 is 0 Å². The van der Waals surface area contributed by atoms with Gasteiger partial charge in [-0.05, 0) is 17.5 Å². The number of likely N-dealkylation sites (N-methyl/N-ethyl adjacent to an activating group) is 1. The molecule has 0 radical (unpaired) electrons. The molecule has 1 atom stereocenters. The number of carbonyl (C=O) groups is 2. The van der Waals surface area contributed by atoms with Gasteiger partial charge in [-0.15, -0.1) is 0 Å². The SMILES string of the molecule is CN1CCN(C(=O)[C@H]2Cc3ccccc3CN2)CC1=O. The Balaban J connectivity index is 1.69. The van der Waals surface area contributed by atoms with E-state index in [9.17, 15) is 9.59 Å². The summed E-state index contributed by atoms with van der Waals surface area (Å²) in [5, 5.41) is 3.28. The minimum absolute atomic E-state index is 0.0146. The van der Waals surface area contributed by atoms with Gasteiger partial charge in [0.1, 0.15) is 0 Å². The number of hydrogen-bond acceptors (Lipinski definition) is 3. The van der Waals surface area contributed by atoms with Gasteiger partial charge in [-0.25, -0.2) is 0 Å². The Labute approximate surface area is 118 Å². The van der Waals surface area contributed by atoms with Gasteiger partial charge in [-0.3, -0.25) is 9.59 Å². The zero-order chi connectivity index (χ0) is 14.1. The molecule has 0 spiro atoms. The van der Waals surface area contributed by atoms with E-state index in [2.05, 4.69) is 17.4 Å². The molecular formula is C15H19N3O2. The number of nitrogens with one attached hydrogen (secondary N) is 1. The highest BCUT2D eigenvalue weighted by atomic mass is 16.2. The topological polar surface area (TPSA) is 52.6 Å². The van der Waals surface area contributed by atoms with Crippen LogP contribution < -0.4 is 5.32 Å². The first-order chi connectivity index (χ1) is 9.65. The van der Waals surface area contributed by atoms with Crippen molar-refractivity contribution in [3.63, 3.8) is 0 Å². The van der Waals surface area contributed by atoms with Crippen LogP contribution in [-0.4, -0.2) is 54.3 Å². The molecule has 1 aromatic rings. The smallest absolute Gasteiger partial charge is 0.241 e. The molecule has 0 aromatic heterocycles. The second kappa shape index (κ2) is 5.25. The van der Waals surface area contributed by atoms with Crippen LogP contribution in [0.1, 0.15) is 11.1 Å². The maximum atomic E-state index is 12.5. The molecular weight excluding hydrogens is 254 g/mol. The monoisotopic (exact) mass is 273 g/mol. The molecule has 1 saturated heterocycles. The van der Waals surface area contributed by atoms with Crippen LogP contribution in [0.25, 0.3) is 0 Å². The number of carbonyl (C=O) groups excluding carboxylic acids is 2. The number of nitrogens with zero attached hydrogens (tertiary/aromatic N) is 2. The number of rotatable bonds is 1. The lowest BCUT2D eigenvalue weighted by atomic mass is 9.95. The van der Waals surface area contributed by atoms with E-state index in [1.54, 1.807) is 16.8 Å². The van der Waals surface area contributed by atoms with Crippen LogP contribution >= 0.6 is 0 Å². The molecule has 0 saturated carbocycles. The maximum Gasteiger partial charge on any atom is 0.241 e. The largest absolute Gasteiger partial charge is 0.342 e. The van der Waals surface area contributed by atoms with Crippen molar-refractivity contribution in [1.29, 1.82) is 0 Å². The Bertz CT molecular complexity index is 544. The van der Waals surface area contributed by atoms with Crippen molar-refractivity contribution in [1.82, 2.24) is 15.1 Å². The minimum atomic E-state index is -0.207. The highest BCUT2D eigenvalue weighted by molar-refractivity contribution is 5.88. The normalized spacial score (nSPS) is 22.6. The first-order valence-corrected chi connectivity index (χ1v) is 6.98. The fourth-order valence-corrected chi connectivity index (χ4v) is 2.80. The average Bonchev–Trinajstić information content (AvgIpc) is 2.49. The molecule has 20 heavy (non-hydrogen) atoms. The minimum Gasteiger partial charge on any atom is -0.342 e. The molecule has 0 aliphatic carbocycles. The maximum absolute atomic E-state index is 12.5. The van der Waals surface area contributed by atoms with Crippen LogP contribution in [0.4, 0.5) is 0 Å². The Morgan fingerprint density at radius 3 is 2.75 bits per heavy atom. The second-order valence-corrected chi connectivity index (χ2v) is 5.48. The molecule has 1 N–H and O–H groups in total. The predicted octanol–water partition coefficient (Wildman–Crippen LogP) is 0.00150. The summed E-state index contributed by atoms with van der Waals surface area (Å²) < 4.78 is 0. The van der Waals surface area contributed by atoms with E-state index in [0.717, 1.165) is 0 Å². The van der Waals surface area contributed by atoms with E-state index < -0.39 is 0 Å². The summed E-state index contributed by atoms with van der Waals surface area (Å²) in [6.07, 6.45) is 0.704. The van der Waals surface area contributed by atoms with Gasteiger partial charge in [0.05, 0.1) is 12.6 Å². The summed E-state index contributed by atoms with van der Waals surface area (Å²) in [7, 11) is 1.78. The summed E-state index contributed by atoms with van der Waals surface area (Å²) >= 11 is 0. The van der Waals surface area contributed by atoms with Crippen molar-refractivity contribution < 1.29 is 9.59 Å². The molecule has 2 aliphatic heterocycles.